The van der Waals surface area contributed by atoms with Gasteiger partial charge in [0.05, 0.1) is 12.5 Å². The number of methoxy groups -OCH3 is 1. The summed E-state index contributed by atoms with van der Waals surface area (Å²) in [5.74, 6) is 0.556. The van der Waals surface area contributed by atoms with Gasteiger partial charge in [-0.2, -0.15) is 0 Å². The molecule has 0 atom stereocenters. The first-order valence-electron chi connectivity index (χ1n) is 6.48. The van der Waals surface area contributed by atoms with Crippen LogP contribution in [-0.2, 0) is 14.9 Å². The van der Waals surface area contributed by atoms with Crippen LogP contribution in [0, 0.1) is 5.41 Å². The third-order valence-electron chi connectivity index (χ3n) is 3.06. The van der Waals surface area contributed by atoms with Gasteiger partial charge in [-0.15, -0.1) is 11.8 Å². The van der Waals surface area contributed by atoms with Gasteiger partial charge in [-0.25, -0.2) is 0 Å². The van der Waals surface area contributed by atoms with Crippen LogP contribution in [0.25, 0.3) is 0 Å². The zero-order valence-electron chi connectivity index (χ0n) is 12.7. The summed E-state index contributed by atoms with van der Waals surface area (Å²) in [6, 6.07) is 8.57. The second-order valence-electron chi connectivity index (χ2n) is 6.44. The van der Waals surface area contributed by atoms with Crippen LogP contribution in [0.1, 0.15) is 40.2 Å². The van der Waals surface area contributed by atoms with E-state index in [0.717, 1.165) is 0 Å². The average Bonchev–Trinajstić information content (AvgIpc) is 2.35. The fraction of sp³-hybridized carbons (Fsp3) is 0.562. The Morgan fingerprint density at radius 1 is 1.11 bits per heavy atom. The van der Waals surface area contributed by atoms with Gasteiger partial charge in [0.25, 0.3) is 0 Å². The number of benzene rings is 1. The Morgan fingerprint density at radius 3 is 2.05 bits per heavy atom. The lowest BCUT2D eigenvalue weighted by Gasteiger charge is -2.21. The molecular formula is C16H24O2S. The van der Waals surface area contributed by atoms with E-state index in [9.17, 15) is 4.79 Å². The predicted molar refractivity (Wildman–Crippen MR) is 81.7 cm³/mol. The van der Waals surface area contributed by atoms with Gasteiger partial charge in [-0.05, 0) is 37.0 Å². The summed E-state index contributed by atoms with van der Waals surface area (Å²) >= 11 is 1.69. The fourth-order valence-corrected chi connectivity index (χ4v) is 2.62. The van der Waals surface area contributed by atoms with Crippen molar-refractivity contribution in [1.82, 2.24) is 0 Å². The molecule has 0 unspecified atom stereocenters. The lowest BCUT2D eigenvalue weighted by Crippen LogP contribution is -2.28. The molecule has 106 valence electrons. The Morgan fingerprint density at radius 2 is 1.63 bits per heavy atom. The maximum atomic E-state index is 11.6. The molecule has 3 heteroatoms. The Labute approximate surface area is 120 Å². The summed E-state index contributed by atoms with van der Waals surface area (Å²) in [6.07, 6.45) is 0. The number of hydrogen-bond donors (Lipinski definition) is 0. The predicted octanol–water partition coefficient (Wildman–Crippen LogP) is 4.28. The molecule has 2 nitrogen and oxygen atoms in total. The summed E-state index contributed by atoms with van der Waals surface area (Å²) in [5, 5.41) is 0. The van der Waals surface area contributed by atoms with Crippen molar-refractivity contribution in [2.45, 2.75) is 44.9 Å². The number of carbonyl (C=O) groups is 1. The third kappa shape index (κ3) is 4.57. The Hall–Kier alpha value is -0.960. The van der Waals surface area contributed by atoms with E-state index in [2.05, 4.69) is 45.0 Å². The van der Waals surface area contributed by atoms with Gasteiger partial charge in [-0.1, -0.05) is 32.9 Å². The molecule has 0 amide bonds. The van der Waals surface area contributed by atoms with E-state index >= 15 is 0 Å². The zero-order valence-corrected chi connectivity index (χ0v) is 13.6. The van der Waals surface area contributed by atoms with Crippen molar-refractivity contribution >= 4 is 17.7 Å². The van der Waals surface area contributed by atoms with Crippen molar-refractivity contribution in [3.63, 3.8) is 0 Å². The van der Waals surface area contributed by atoms with Crippen LogP contribution < -0.4 is 0 Å². The molecule has 1 aromatic rings. The molecular weight excluding hydrogens is 256 g/mol. The minimum absolute atomic E-state index is 0.161. The minimum Gasteiger partial charge on any atom is -0.469 e. The highest BCUT2D eigenvalue weighted by Crippen LogP contribution is 2.30. The van der Waals surface area contributed by atoms with E-state index in [1.165, 1.54) is 17.6 Å². The molecule has 0 fully saturated rings. The number of ether oxygens (including phenoxy) is 1. The first-order valence-corrected chi connectivity index (χ1v) is 7.47. The van der Waals surface area contributed by atoms with Crippen molar-refractivity contribution in [1.29, 1.82) is 0 Å². The summed E-state index contributed by atoms with van der Waals surface area (Å²) in [4.78, 5) is 12.8. The number of rotatable bonds is 4. The average molecular weight is 280 g/mol. The smallest absolute Gasteiger partial charge is 0.312 e. The lowest BCUT2D eigenvalue weighted by atomic mass is 9.87. The molecule has 19 heavy (non-hydrogen) atoms. The highest BCUT2D eigenvalue weighted by Gasteiger charge is 2.28. The molecule has 0 saturated carbocycles. The van der Waals surface area contributed by atoms with Gasteiger partial charge in [0.15, 0.2) is 0 Å². The summed E-state index contributed by atoms with van der Waals surface area (Å²) in [5.41, 5.74) is 1.04. The fourth-order valence-electron chi connectivity index (χ4n) is 1.65. The molecule has 1 aromatic carbocycles. The van der Waals surface area contributed by atoms with E-state index in [0.29, 0.717) is 5.75 Å². The van der Waals surface area contributed by atoms with Crippen molar-refractivity contribution in [3.8, 4) is 0 Å². The van der Waals surface area contributed by atoms with Gasteiger partial charge in [0.2, 0.25) is 0 Å². The third-order valence-corrected chi connectivity index (χ3v) is 4.53. The van der Waals surface area contributed by atoms with Crippen LogP contribution in [0.4, 0.5) is 0 Å². The molecule has 0 aliphatic carbocycles. The normalized spacial score (nSPS) is 12.3. The number of thioether (sulfide) groups is 1. The van der Waals surface area contributed by atoms with E-state index < -0.39 is 5.41 Å². The molecule has 0 radical (unpaired) electrons. The Bertz CT molecular complexity index is 427. The largest absolute Gasteiger partial charge is 0.469 e. The van der Waals surface area contributed by atoms with Crippen LogP contribution in [0.5, 0.6) is 0 Å². The van der Waals surface area contributed by atoms with Crippen LogP contribution in [0.15, 0.2) is 29.2 Å². The van der Waals surface area contributed by atoms with Gasteiger partial charge < -0.3 is 4.74 Å². The van der Waals surface area contributed by atoms with Gasteiger partial charge in [-0.3, -0.25) is 4.79 Å². The minimum atomic E-state index is -0.456. The van der Waals surface area contributed by atoms with E-state index in [-0.39, 0.29) is 11.4 Å². The Kier molecular flexibility index (Phi) is 5.08. The standard InChI is InChI=1S/C16H24O2S/c1-15(2,3)12-7-9-13(10-8-12)19-11-16(4,5)14(17)18-6/h7-10H,11H2,1-6H3. The molecule has 1 rings (SSSR count). The van der Waals surface area contributed by atoms with Crippen molar-refractivity contribution in [3.05, 3.63) is 29.8 Å². The second-order valence-corrected chi connectivity index (χ2v) is 7.49. The Balaban J connectivity index is 2.67. The first-order chi connectivity index (χ1) is 8.66. The molecule has 0 saturated heterocycles. The molecule has 0 N–H and O–H groups in total. The zero-order chi connectivity index (χ0) is 14.7. The van der Waals surface area contributed by atoms with Crippen LogP contribution in [0.2, 0.25) is 0 Å². The number of hydrogen-bond acceptors (Lipinski definition) is 3. The van der Waals surface area contributed by atoms with Crippen LogP contribution >= 0.6 is 11.8 Å². The topological polar surface area (TPSA) is 26.3 Å². The van der Waals surface area contributed by atoms with E-state index in [1.807, 2.05) is 13.8 Å². The summed E-state index contributed by atoms with van der Waals surface area (Å²) in [7, 11) is 1.44. The lowest BCUT2D eigenvalue weighted by molar-refractivity contribution is -0.149. The number of esters is 1. The van der Waals surface area contributed by atoms with Gasteiger partial charge in [0, 0.05) is 10.6 Å². The summed E-state index contributed by atoms with van der Waals surface area (Å²) in [6.45, 7) is 10.4. The monoisotopic (exact) mass is 280 g/mol. The molecule has 0 aliphatic rings. The van der Waals surface area contributed by atoms with Crippen LogP contribution in [0.3, 0.4) is 0 Å². The van der Waals surface area contributed by atoms with Gasteiger partial charge in [0.1, 0.15) is 0 Å². The first kappa shape index (κ1) is 16.1. The van der Waals surface area contributed by atoms with E-state index in [1.54, 1.807) is 11.8 Å². The highest BCUT2D eigenvalue weighted by atomic mass is 32.2. The SMILES string of the molecule is COC(=O)C(C)(C)CSc1ccc(C(C)(C)C)cc1. The van der Waals surface area contributed by atoms with Gasteiger partial charge >= 0.3 is 5.97 Å². The second kappa shape index (κ2) is 6.00. The van der Waals surface area contributed by atoms with Crippen molar-refractivity contribution in [2.75, 3.05) is 12.9 Å². The quantitative estimate of drug-likeness (QED) is 0.608. The molecule has 0 aliphatic heterocycles. The van der Waals surface area contributed by atoms with Crippen molar-refractivity contribution in [2.24, 2.45) is 5.41 Å². The molecule has 0 aromatic heterocycles. The molecule has 0 bridgehead atoms. The van der Waals surface area contributed by atoms with Crippen LogP contribution in [-0.4, -0.2) is 18.8 Å². The molecule has 0 spiro atoms. The van der Waals surface area contributed by atoms with Crippen molar-refractivity contribution < 1.29 is 9.53 Å². The maximum Gasteiger partial charge on any atom is 0.312 e. The number of carbonyl (C=O) groups excluding carboxylic acids is 1. The maximum absolute atomic E-state index is 11.6. The summed E-state index contributed by atoms with van der Waals surface area (Å²) < 4.78 is 4.81. The van der Waals surface area contributed by atoms with E-state index in [4.69, 9.17) is 4.74 Å². The highest BCUT2D eigenvalue weighted by molar-refractivity contribution is 7.99. The molecule has 0 heterocycles.